The highest BCUT2D eigenvalue weighted by Gasteiger charge is 2.17. The Kier molecular flexibility index (Phi) is 5.31. The van der Waals surface area contributed by atoms with E-state index in [1.807, 2.05) is 6.07 Å². The number of rotatable bonds is 4. The van der Waals surface area contributed by atoms with Crippen LogP contribution < -0.4 is 5.32 Å². The Bertz CT molecular complexity index is 655. The molecule has 0 bridgehead atoms. The molecule has 6 heteroatoms. The zero-order chi connectivity index (χ0) is 15.4. The van der Waals surface area contributed by atoms with Gasteiger partial charge in [0, 0.05) is 16.0 Å². The van der Waals surface area contributed by atoms with E-state index < -0.39 is 23.1 Å². The van der Waals surface area contributed by atoms with Crippen molar-refractivity contribution >= 4 is 33.4 Å². The molecule has 0 spiro atoms. The second-order valence-corrected chi connectivity index (χ2v) is 5.73. The quantitative estimate of drug-likeness (QED) is 0.847. The molecule has 0 fully saturated rings. The SMILES string of the molecule is O=C(NCCc1cccc(Cl)c1)c1c(F)cc(Br)cc1F. The molecule has 110 valence electrons. The first-order valence-corrected chi connectivity index (χ1v) is 7.31. The molecular formula is C15H11BrClF2NO. The normalized spacial score (nSPS) is 10.5. The van der Waals surface area contributed by atoms with Gasteiger partial charge < -0.3 is 5.32 Å². The van der Waals surface area contributed by atoms with Gasteiger partial charge in [-0.3, -0.25) is 4.79 Å². The molecule has 0 unspecified atom stereocenters. The third-order valence-electron chi connectivity index (χ3n) is 2.82. The van der Waals surface area contributed by atoms with E-state index in [2.05, 4.69) is 21.2 Å². The van der Waals surface area contributed by atoms with Crippen LogP contribution in [0, 0.1) is 11.6 Å². The summed E-state index contributed by atoms with van der Waals surface area (Å²) < 4.78 is 27.5. The Hall–Kier alpha value is -1.46. The summed E-state index contributed by atoms with van der Waals surface area (Å²) in [5.41, 5.74) is 0.351. The average Bonchev–Trinajstić information content (AvgIpc) is 2.37. The van der Waals surface area contributed by atoms with E-state index in [9.17, 15) is 13.6 Å². The number of hydrogen-bond donors (Lipinski definition) is 1. The standard InChI is InChI=1S/C15H11BrClF2NO/c16-10-7-12(18)14(13(19)8-10)15(21)20-5-4-9-2-1-3-11(17)6-9/h1-3,6-8H,4-5H2,(H,20,21). The van der Waals surface area contributed by atoms with Gasteiger partial charge in [-0.1, -0.05) is 39.7 Å². The number of carbonyl (C=O) groups is 1. The smallest absolute Gasteiger partial charge is 0.257 e. The Labute approximate surface area is 134 Å². The van der Waals surface area contributed by atoms with Crippen molar-refractivity contribution < 1.29 is 13.6 Å². The van der Waals surface area contributed by atoms with Crippen LogP contribution in [0.4, 0.5) is 8.78 Å². The van der Waals surface area contributed by atoms with Gasteiger partial charge in [0.15, 0.2) is 0 Å². The predicted octanol–water partition coefficient (Wildman–Crippen LogP) is 4.35. The summed E-state index contributed by atoms with van der Waals surface area (Å²) in [6, 6.07) is 9.28. The first kappa shape index (κ1) is 15.9. The minimum absolute atomic E-state index is 0.243. The summed E-state index contributed by atoms with van der Waals surface area (Å²) in [5, 5.41) is 3.09. The highest BCUT2D eigenvalue weighted by molar-refractivity contribution is 9.10. The van der Waals surface area contributed by atoms with Crippen molar-refractivity contribution in [3.8, 4) is 0 Å². The summed E-state index contributed by atoms with van der Waals surface area (Å²) in [6.45, 7) is 0.258. The van der Waals surface area contributed by atoms with Crippen molar-refractivity contribution in [2.24, 2.45) is 0 Å². The van der Waals surface area contributed by atoms with Crippen molar-refractivity contribution in [2.45, 2.75) is 6.42 Å². The third kappa shape index (κ3) is 4.25. The molecule has 0 aliphatic heterocycles. The number of amides is 1. The van der Waals surface area contributed by atoms with Gasteiger partial charge in [0.1, 0.15) is 17.2 Å². The molecule has 0 saturated heterocycles. The molecule has 0 aliphatic carbocycles. The second kappa shape index (κ2) is 7.00. The van der Waals surface area contributed by atoms with Crippen LogP contribution in [-0.4, -0.2) is 12.5 Å². The zero-order valence-electron chi connectivity index (χ0n) is 10.8. The number of hydrogen-bond acceptors (Lipinski definition) is 1. The minimum Gasteiger partial charge on any atom is -0.352 e. The number of benzene rings is 2. The average molecular weight is 375 g/mol. The van der Waals surface area contributed by atoms with Crippen LogP contribution in [-0.2, 0) is 6.42 Å². The topological polar surface area (TPSA) is 29.1 Å². The van der Waals surface area contributed by atoms with Gasteiger partial charge in [0.05, 0.1) is 0 Å². The molecule has 21 heavy (non-hydrogen) atoms. The lowest BCUT2D eigenvalue weighted by Crippen LogP contribution is -2.27. The molecule has 1 N–H and O–H groups in total. The van der Waals surface area contributed by atoms with Crippen molar-refractivity contribution in [3.63, 3.8) is 0 Å². The van der Waals surface area contributed by atoms with Gasteiger partial charge in [-0.05, 0) is 36.2 Å². The van der Waals surface area contributed by atoms with Crippen LogP contribution in [0.25, 0.3) is 0 Å². The van der Waals surface area contributed by atoms with Crippen LogP contribution >= 0.6 is 27.5 Å². The van der Waals surface area contributed by atoms with E-state index in [4.69, 9.17) is 11.6 Å². The van der Waals surface area contributed by atoms with E-state index in [-0.39, 0.29) is 11.0 Å². The molecule has 0 heterocycles. The molecule has 2 rings (SSSR count). The van der Waals surface area contributed by atoms with Crippen molar-refractivity contribution in [1.82, 2.24) is 5.32 Å². The molecule has 2 aromatic carbocycles. The fourth-order valence-electron chi connectivity index (χ4n) is 1.86. The van der Waals surface area contributed by atoms with Crippen molar-refractivity contribution in [3.05, 3.63) is 68.7 Å². The summed E-state index contributed by atoms with van der Waals surface area (Å²) in [5.74, 6) is -2.58. The van der Waals surface area contributed by atoms with E-state index in [0.29, 0.717) is 11.4 Å². The maximum atomic E-state index is 13.6. The van der Waals surface area contributed by atoms with Crippen molar-refractivity contribution in [1.29, 1.82) is 0 Å². The van der Waals surface area contributed by atoms with Crippen LogP contribution in [0.3, 0.4) is 0 Å². The molecular weight excluding hydrogens is 364 g/mol. The van der Waals surface area contributed by atoms with Gasteiger partial charge >= 0.3 is 0 Å². The molecule has 2 aromatic rings. The van der Waals surface area contributed by atoms with E-state index in [0.717, 1.165) is 17.7 Å². The van der Waals surface area contributed by atoms with E-state index in [1.165, 1.54) is 0 Å². The summed E-state index contributed by atoms with van der Waals surface area (Å²) in [7, 11) is 0. The Morgan fingerprint density at radius 3 is 2.48 bits per heavy atom. The van der Waals surface area contributed by atoms with Crippen LogP contribution in [0.5, 0.6) is 0 Å². The largest absolute Gasteiger partial charge is 0.352 e. The number of carbonyl (C=O) groups excluding carboxylic acids is 1. The fourth-order valence-corrected chi connectivity index (χ4v) is 2.48. The van der Waals surface area contributed by atoms with Gasteiger partial charge in [-0.15, -0.1) is 0 Å². The molecule has 0 saturated carbocycles. The molecule has 0 aliphatic rings. The maximum Gasteiger partial charge on any atom is 0.257 e. The molecule has 2 nitrogen and oxygen atoms in total. The second-order valence-electron chi connectivity index (χ2n) is 4.38. The molecule has 1 amide bonds. The monoisotopic (exact) mass is 373 g/mol. The molecule has 0 atom stereocenters. The van der Waals surface area contributed by atoms with E-state index in [1.54, 1.807) is 18.2 Å². The Balaban J connectivity index is 1.99. The van der Waals surface area contributed by atoms with Crippen LogP contribution in [0.15, 0.2) is 40.9 Å². The number of halogens is 4. The number of nitrogens with one attached hydrogen (secondary N) is 1. The Morgan fingerprint density at radius 2 is 1.86 bits per heavy atom. The first-order chi connectivity index (χ1) is 9.97. The lowest BCUT2D eigenvalue weighted by molar-refractivity contribution is 0.0945. The summed E-state index contributed by atoms with van der Waals surface area (Å²) >= 11 is 8.81. The van der Waals surface area contributed by atoms with Crippen LogP contribution in [0.2, 0.25) is 5.02 Å². The van der Waals surface area contributed by atoms with Gasteiger partial charge in [-0.2, -0.15) is 0 Å². The lowest BCUT2D eigenvalue weighted by atomic mass is 10.1. The maximum absolute atomic E-state index is 13.6. The predicted molar refractivity (Wildman–Crippen MR) is 81.5 cm³/mol. The molecule has 0 aromatic heterocycles. The van der Waals surface area contributed by atoms with Gasteiger partial charge in [-0.25, -0.2) is 8.78 Å². The highest BCUT2D eigenvalue weighted by Crippen LogP contribution is 2.19. The van der Waals surface area contributed by atoms with Gasteiger partial charge in [0.25, 0.3) is 5.91 Å². The zero-order valence-corrected chi connectivity index (χ0v) is 13.1. The summed E-state index contributed by atoms with van der Waals surface area (Å²) in [4.78, 5) is 11.8. The van der Waals surface area contributed by atoms with Gasteiger partial charge in [0.2, 0.25) is 0 Å². The minimum atomic E-state index is -0.901. The van der Waals surface area contributed by atoms with Crippen LogP contribution in [0.1, 0.15) is 15.9 Å². The Morgan fingerprint density at radius 1 is 1.19 bits per heavy atom. The highest BCUT2D eigenvalue weighted by atomic mass is 79.9. The lowest BCUT2D eigenvalue weighted by Gasteiger charge is -2.08. The van der Waals surface area contributed by atoms with Crippen molar-refractivity contribution in [2.75, 3.05) is 6.54 Å². The fraction of sp³-hybridized carbons (Fsp3) is 0.133. The molecule has 0 radical (unpaired) electrons. The first-order valence-electron chi connectivity index (χ1n) is 6.14. The van der Waals surface area contributed by atoms with E-state index >= 15 is 0 Å². The summed E-state index contributed by atoms with van der Waals surface area (Å²) in [6.07, 6.45) is 0.520. The third-order valence-corrected chi connectivity index (χ3v) is 3.52.